The van der Waals surface area contributed by atoms with Gasteiger partial charge in [0.2, 0.25) is 0 Å². The number of carbonyl (C=O) groups is 1. The Bertz CT molecular complexity index is 1340. The molecule has 3 heteroatoms. The summed E-state index contributed by atoms with van der Waals surface area (Å²) in [5.74, 6) is 8.14. The fourth-order valence-corrected chi connectivity index (χ4v) is 7.17. The Hall–Kier alpha value is -2.80. The normalized spacial score (nSPS) is 29.2. The van der Waals surface area contributed by atoms with Gasteiger partial charge in [-0.2, -0.15) is 0 Å². The van der Waals surface area contributed by atoms with Gasteiger partial charge in [-0.1, -0.05) is 55.2 Å². The van der Waals surface area contributed by atoms with Gasteiger partial charge < -0.3 is 4.74 Å². The molecule has 36 heavy (non-hydrogen) atoms. The van der Waals surface area contributed by atoms with Crippen molar-refractivity contribution < 1.29 is 9.53 Å². The molecule has 0 radical (unpaired) electrons. The lowest BCUT2D eigenvalue weighted by Gasteiger charge is -2.40. The molecular weight excluding hydrogens is 460 g/mol. The predicted octanol–water partition coefficient (Wildman–Crippen LogP) is 7.48. The minimum absolute atomic E-state index is 0.0661. The van der Waals surface area contributed by atoms with Crippen LogP contribution in [0.5, 0.6) is 0 Å². The minimum Gasteiger partial charge on any atom is -0.368 e. The third kappa shape index (κ3) is 4.11. The standard InChI is InChI=1S/C33H32O2S/c1-33-21-35-32(23-9-15-27(36-2)16-10-23)31-28-18-14-26(34)20-24(28)11-17-29(31)30(33)19-13-25(33)12-8-22-6-4-3-5-7-22/h3-7,9-10,13,15-16,20,29-30,32H,11,14,17-19,21H2,1-2H3/t29?,30?,32?,33-/m1/s1. The van der Waals surface area contributed by atoms with Crippen LogP contribution in [0.15, 0.2) is 93.9 Å². The molecule has 0 spiro atoms. The molecule has 3 aliphatic carbocycles. The Morgan fingerprint density at radius 1 is 1.00 bits per heavy atom. The average molecular weight is 493 g/mol. The van der Waals surface area contributed by atoms with Crippen molar-refractivity contribution in [3.8, 4) is 11.8 Å². The highest BCUT2D eigenvalue weighted by molar-refractivity contribution is 7.98. The number of allylic oxidation sites excluding steroid dienone is 4. The van der Waals surface area contributed by atoms with Gasteiger partial charge in [-0.25, -0.2) is 0 Å². The summed E-state index contributed by atoms with van der Waals surface area (Å²) in [5, 5.41) is 0. The first kappa shape index (κ1) is 23.6. The molecule has 1 saturated heterocycles. The number of carbonyl (C=O) groups excluding carboxylic acids is 1. The molecule has 3 unspecified atom stereocenters. The molecule has 6 rings (SSSR count). The van der Waals surface area contributed by atoms with E-state index in [0.29, 0.717) is 24.9 Å². The molecular formula is C33H32O2S. The topological polar surface area (TPSA) is 26.3 Å². The van der Waals surface area contributed by atoms with Crippen LogP contribution in [0.3, 0.4) is 0 Å². The fraction of sp³-hybridized carbons (Fsp3) is 0.364. The van der Waals surface area contributed by atoms with Crippen LogP contribution >= 0.6 is 11.8 Å². The Balaban J connectivity index is 1.43. The highest BCUT2D eigenvalue weighted by Crippen LogP contribution is 2.58. The number of benzene rings is 2. The lowest BCUT2D eigenvalue weighted by molar-refractivity contribution is -0.114. The second-order valence-corrected chi connectivity index (χ2v) is 11.6. The number of hydrogen-bond acceptors (Lipinski definition) is 3. The highest BCUT2D eigenvalue weighted by Gasteiger charge is 2.51. The van der Waals surface area contributed by atoms with Crippen molar-refractivity contribution in [2.45, 2.75) is 50.0 Å². The quantitative estimate of drug-likeness (QED) is 0.321. The molecule has 1 heterocycles. The molecule has 2 aromatic rings. The number of fused-ring (bicyclic) bond motifs is 4. The van der Waals surface area contributed by atoms with E-state index in [-0.39, 0.29) is 17.3 Å². The van der Waals surface area contributed by atoms with Crippen LogP contribution in [0, 0.1) is 29.1 Å². The molecule has 0 amide bonds. The van der Waals surface area contributed by atoms with E-state index in [4.69, 9.17) is 4.74 Å². The SMILES string of the molecule is CSc1ccc(C2OC[C@]3(C)C(C#Cc4ccccc4)=CCC3C3CCC4=CC(=O)CCC4=C23)cc1. The Morgan fingerprint density at radius 2 is 1.81 bits per heavy atom. The van der Waals surface area contributed by atoms with Gasteiger partial charge in [-0.05, 0) is 96.4 Å². The number of hydrogen-bond donors (Lipinski definition) is 0. The molecule has 0 saturated carbocycles. The third-order valence-electron chi connectivity index (χ3n) is 8.68. The van der Waals surface area contributed by atoms with Crippen molar-refractivity contribution in [3.63, 3.8) is 0 Å². The molecule has 1 aliphatic heterocycles. The largest absolute Gasteiger partial charge is 0.368 e. The van der Waals surface area contributed by atoms with E-state index in [1.54, 1.807) is 11.8 Å². The van der Waals surface area contributed by atoms with Gasteiger partial charge in [0.25, 0.3) is 0 Å². The molecule has 4 aliphatic rings. The average Bonchev–Trinajstić information content (AvgIpc) is 3.17. The first-order valence-corrected chi connectivity index (χ1v) is 14.3. The zero-order valence-electron chi connectivity index (χ0n) is 21.1. The number of thioether (sulfide) groups is 1. The first-order chi connectivity index (χ1) is 17.6. The van der Waals surface area contributed by atoms with Crippen LogP contribution in [0.1, 0.15) is 56.3 Å². The van der Waals surface area contributed by atoms with Crippen LogP contribution in [0.25, 0.3) is 0 Å². The zero-order valence-corrected chi connectivity index (χ0v) is 21.9. The first-order valence-electron chi connectivity index (χ1n) is 13.1. The fourth-order valence-electron chi connectivity index (χ4n) is 6.76. The van der Waals surface area contributed by atoms with Gasteiger partial charge >= 0.3 is 0 Å². The smallest absolute Gasteiger partial charge is 0.156 e. The molecule has 1 fully saturated rings. The van der Waals surface area contributed by atoms with E-state index < -0.39 is 0 Å². The van der Waals surface area contributed by atoms with E-state index in [2.05, 4.69) is 67.5 Å². The van der Waals surface area contributed by atoms with Crippen molar-refractivity contribution in [3.05, 3.63) is 100 Å². The summed E-state index contributed by atoms with van der Waals surface area (Å²) in [7, 11) is 0. The van der Waals surface area contributed by atoms with Crippen molar-refractivity contribution in [2.24, 2.45) is 17.3 Å². The molecule has 0 bridgehead atoms. The predicted molar refractivity (Wildman–Crippen MR) is 147 cm³/mol. The molecule has 0 N–H and O–H groups in total. The second kappa shape index (κ2) is 9.58. The minimum atomic E-state index is -0.113. The van der Waals surface area contributed by atoms with Crippen molar-refractivity contribution in [1.29, 1.82) is 0 Å². The van der Waals surface area contributed by atoms with E-state index in [9.17, 15) is 4.79 Å². The van der Waals surface area contributed by atoms with Crippen LogP contribution in [0.2, 0.25) is 0 Å². The molecule has 2 aromatic carbocycles. The lowest BCUT2D eigenvalue weighted by atomic mass is 9.62. The van der Waals surface area contributed by atoms with E-state index in [1.165, 1.54) is 32.8 Å². The van der Waals surface area contributed by atoms with Gasteiger partial charge in [-0.15, -0.1) is 11.8 Å². The maximum atomic E-state index is 12.3. The summed E-state index contributed by atoms with van der Waals surface area (Å²) in [6.07, 6.45) is 10.9. The summed E-state index contributed by atoms with van der Waals surface area (Å²) in [4.78, 5) is 13.5. The zero-order chi connectivity index (χ0) is 24.7. The van der Waals surface area contributed by atoms with Gasteiger partial charge in [0.15, 0.2) is 5.78 Å². The van der Waals surface area contributed by atoms with Crippen molar-refractivity contribution >= 4 is 17.5 Å². The molecule has 182 valence electrons. The van der Waals surface area contributed by atoms with Crippen LogP contribution in [0.4, 0.5) is 0 Å². The van der Waals surface area contributed by atoms with Gasteiger partial charge in [-0.3, -0.25) is 4.79 Å². The van der Waals surface area contributed by atoms with Crippen molar-refractivity contribution in [1.82, 2.24) is 0 Å². The molecule has 2 nitrogen and oxygen atoms in total. The maximum Gasteiger partial charge on any atom is 0.156 e. The number of ketones is 1. The van der Waals surface area contributed by atoms with E-state index in [0.717, 1.165) is 31.2 Å². The summed E-state index contributed by atoms with van der Waals surface area (Å²) in [5.41, 5.74) is 7.48. The van der Waals surface area contributed by atoms with Gasteiger partial charge in [0, 0.05) is 27.9 Å². The number of ether oxygens (including phenoxy) is 1. The van der Waals surface area contributed by atoms with Crippen LogP contribution in [-0.4, -0.2) is 18.6 Å². The Morgan fingerprint density at radius 3 is 2.58 bits per heavy atom. The van der Waals surface area contributed by atoms with Gasteiger partial charge in [0.1, 0.15) is 6.10 Å². The summed E-state index contributed by atoms with van der Waals surface area (Å²) in [6.45, 7) is 3.03. The maximum absolute atomic E-state index is 12.3. The van der Waals surface area contributed by atoms with Crippen LogP contribution in [-0.2, 0) is 9.53 Å². The van der Waals surface area contributed by atoms with Crippen LogP contribution < -0.4 is 0 Å². The van der Waals surface area contributed by atoms with Crippen molar-refractivity contribution in [2.75, 3.05) is 12.9 Å². The monoisotopic (exact) mass is 492 g/mol. The summed E-state index contributed by atoms with van der Waals surface area (Å²) in [6, 6.07) is 19.1. The van der Waals surface area contributed by atoms with E-state index >= 15 is 0 Å². The second-order valence-electron chi connectivity index (χ2n) is 10.7. The Labute approximate surface area is 218 Å². The number of rotatable bonds is 2. The summed E-state index contributed by atoms with van der Waals surface area (Å²) >= 11 is 1.76. The highest BCUT2D eigenvalue weighted by atomic mass is 32.2. The Kier molecular flexibility index (Phi) is 6.28. The third-order valence-corrected chi connectivity index (χ3v) is 9.42. The molecule has 4 atom stereocenters. The van der Waals surface area contributed by atoms with Gasteiger partial charge in [0.05, 0.1) is 6.61 Å². The summed E-state index contributed by atoms with van der Waals surface area (Å²) < 4.78 is 6.92. The van der Waals surface area contributed by atoms with E-state index in [1.807, 2.05) is 24.3 Å². The lowest BCUT2D eigenvalue weighted by Crippen LogP contribution is -2.34. The molecule has 0 aromatic heterocycles.